The Kier molecular flexibility index (Phi) is 19.4. The van der Waals surface area contributed by atoms with E-state index < -0.39 is 36.1 Å². The highest BCUT2D eigenvalue weighted by Gasteiger charge is 2.32. The van der Waals surface area contributed by atoms with Crippen molar-refractivity contribution in [2.75, 3.05) is 45.7 Å². The predicted molar refractivity (Wildman–Crippen MR) is 184 cm³/mol. The van der Waals surface area contributed by atoms with Gasteiger partial charge in [0.05, 0.1) is 36.9 Å². The van der Waals surface area contributed by atoms with Gasteiger partial charge in [-0.2, -0.15) is 4.31 Å². The molecular weight excluding hydrogens is 665 g/mol. The van der Waals surface area contributed by atoms with Crippen molar-refractivity contribution in [2.45, 2.75) is 76.6 Å². The Morgan fingerprint density at radius 1 is 1.06 bits per heavy atom. The Bertz CT molecular complexity index is 1340. The molecule has 0 saturated carbocycles. The summed E-state index contributed by atoms with van der Waals surface area (Å²) in [4.78, 5) is 28.3. The summed E-state index contributed by atoms with van der Waals surface area (Å²) in [5.74, 6) is 0.531. The first-order chi connectivity index (χ1) is 22.6. The molecule has 6 N–H and O–H groups in total. The number of sulfonamides is 1. The first-order valence-corrected chi connectivity index (χ1v) is 19.1. The molecule has 0 aromatic heterocycles. The number of nitrogens with one attached hydrogen (secondary N) is 2. The van der Waals surface area contributed by atoms with Crippen molar-refractivity contribution in [3.63, 3.8) is 0 Å². The van der Waals surface area contributed by atoms with Crippen LogP contribution in [0.4, 0.5) is 5.69 Å². The molecule has 0 amide bonds. The van der Waals surface area contributed by atoms with Gasteiger partial charge in [-0.15, -0.1) is 0 Å². The quantitative estimate of drug-likeness (QED) is 0.103. The van der Waals surface area contributed by atoms with Crippen molar-refractivity contribution in [3.05, 3.63) is 54.1 Å². The minimum atomic E-state index is -4.14. The van der Waals surface area contributed by atoms with Crippen molar-refractivity contribution >= 4 is 29.8 Å². The highest BCUT2D eigenvalue weighted by atomic mass is 32.2. The number of methoxy groups -OCH3 is 1. The van der Waals surface area contributed by atoms with Crippen LogP contribution in [-0.4, -0.2) is 104 Å². The zero-order valence-electron chi connectivity index (χ0n) is 28.9. The van der Waals surface area contributed by atoms with Crippen LogP contribution in [0.3, 0.4) is 0 Å². The Labute approximate surface area is 285 Å². The average molecular weight is 720 g/mol. The predicted octanol–water partition coefficient (Wildman–Crippen LogP) is 3.01. The molecule has 0 spiro atoms. The van der Waals surface area contributed by atoms with Gasteiger partial charge >= 0.3 is 7.60 Å². The molecule has 1 aliphatic heterocycles. The van der Waals surface area contributed by atoms with Crippen molar-refractivity contribution in [1.82, 2.24) is 9.62 Å². The smallest absolute Gasteiger partial charge is 0.329 e. The van der Waals surface area contributed by atoms with Crippen LogP contribution in [0.2, 0.25) is 0 Å². The second-order valence-electron chi connectivity index (χ2n) is 11.4. The SMILES string of the molecule is CC.CN[C@@H](CNc1ccc(CP(=O)(O)O)cc1)[C@H](O)CN(CC(C)C)S(=O)(=O)c1ccc(OC)cc1.C[C@H](OC=O)[C@@H]1CCO[C@@H]1O. The molecule has 274 valence electrons. The van der Waals surface area contributed by atoms with E-state index in [4.69, 9.17) is 24.4 Å². The first kappa shape index (κ1) is 43.4. The molecule has 5 atom stereocenters. The molecule has 16 heteroatoms. The molecule has 48 heavy (non-hydrogen) atoms. The maximum Gasteiger partial charge on any atom is 0.329 e. The van der Waals surface area contributed by atoms with E-state index in [0.29, 0.717) is 36.6 Å². The summed E-state index contributed by atoms with van der Waals surface area (Å²) in [5, 5.41) is 26.3. The summed E-state index contributed by atoms with van der Waals surface area (Å²) in [6, 6.07) is 12.3. The number of benzene rings is 2. The van der Waals surface area contributed by atoms with Gasteiger partial charge in [-0.05, 0) is 68.3 Å². The van der Waals surface area contributed by atoms with Crippen LogP contribution < -0.4 is 15.4 Å². The Morgan fingerprint density at radius 3 is 2.12 bits per heavy atom. The lowest BCUT2D eigenvalue weighted by Gasteiger charge is -2.30. The maximum atomic E-state index is 13.3. The molecule has 1 saturated heterocycles. The van der Waals surface area contributed by atoms with Gasteiger partial charge in [0.25, 0.3) is 6.47 Å². The summed E-state index contributed by atoms with van der Waals surface area (Å²) < 4.78 is 53.7. The van der Waals surface area contributed by atoms with Crippen molar-refractivity contribution in [2.24, 2.45) is 11.8 Å². The molecule has 0 unspecified atom stereocenters. The van der Waals surface area contributed by atoms with Gasteiger partial charge in [-0.3, -0.25) is 9.36 Å². The highest BCUT2D eigenvalue weighted by molar-refractivity contribution is 7.89. The van der Waals surface area contributed by atoms with Crippen LogP contribution in [0.5, 0.6) is 5.75 Å². The van der Waals surface area contributed by atoms with E-state index in [-0.39, 0.29) is 42.1 Å². The van der Waals surface area contributed by atoms with E-state index in [1.54, 1.807) is 50.4 Å². The van der Waals surface area contributed by atoms with Gasteiger partial charge in [0.2, 0.25) is 10.0 Å². The van der Waals surface area contributed by atoms with Gasteiger partial charge in [-0.1, -0.05) is 39.8 Å². The zero-order valence-corrected chi connectivity index (χ0v) is 30.6. The zero-order chi connectivity index (χ0) is 36.5. The maximum absolute atomic E-state index is 13.3. The summed E-state index contributed by atoms with van der Waals surface area (Å²) >= 11 is 0. The highest BCUT2D eigenvalue weighted by Crippen LogP contribution is 2.39. The van der Waals surface area contributed by atoms with Gasteiger partial charge in [0.1, 0.15) is 11.9 Å². The van der Waals surface area contributed by atoms with E-state index in [2.05, 4.69) is 15.4 Å². The second-order valence-corrected chi connectivity index (χ2v) is 15.0. The molecule has 1 fully saturated rings. The molecule has 1 heterocycles. The van der Waals surface area contributed by atoms with E-state index in [1.807, 2.05) is 27.7 Å². The van der Waals surface area contributed by atoms with Crippen molar-refractivity contribution in [3.8, 4) is 5.75 Å². The van der Waals surface area contributed by atoms with Crippen LogP contribution in [-0.2, 0) is 35.0 Å². The summed E-state index contributed by atoms with van der Waals surface area (Å²) in [6.45, 7) is 11.0. The summed E-state index contributed by atoms with van der Waals surface area (Å²) in [6.07, 6.45) is -1.63. The van der Waals surface area contributed by atoms with Crippen molar-refractivity contribution < 1.29 is 52.0 Å². The number of aliphatic hydroxyl groups excluding tert-OH is 2. The summed E-state index contributed by atoms with van der Waals surface area (Å²) in [5.41, 5.74) is 1.22. The first-order valence-electron chi connectivity index (χ1n) is 15.9. The normalized spacial score (nSPS) is 18.1. The van der Waals surface area contributed by atoms with Crippen LogP contribution in [0.1, 0.15) is 46.6 Å². The van der Waals surface area contributed by atoms with Gasteiger partial charge in [0, 0.05) is 31.2 Å². The van der Waals surface area contributed by atoms with Crippen LogP contribution >= 0.6 is 7.60 Å². The fourth-order valence-corrected chi connectivity index (χ4v) is 7.09. The van der Waals surface area contributed by atoms with Crippen LogP contribution in [0, 0.1) is 11.8 Å². The number of hydrogen-bond acceptors (Lipinski definition) is 11. The lowest BCUT2D eigenvalue weighted by atomic mass is 10.0. The van der Waals surface area contributed by atoms with Gasteiger partial charge in [-0.25, -0.2) is 8.42 Å². The fourth-order valence-electron chi connectivity index (χ4n) is 4.78. The number of carbonyl (C=O) groups is 1. The van der Waals surface area contributed by atoms with E-state index >= 15 is 0 Å². The average Bonchev–Trinajstić information content (AvgIpc) is 3.48. The van der Waals surface area contributed by atoms with Gasteiger partial charge < -0.3 is 44.8 Å². The standard InChI is InChI=1S/C23H36N3O7PS.C7H12O4.C2H6/c1-17(2)14-26(35(31,32)21-11-9-20(33-4)10-12-21)15-23(27)22(24-3)13-25-19-7-5-18(6-8-19)16-34(28,29)30;1-5(11-4-8)6-2-3-10-7(6)9;1-2/h5-12,17,22-25,27H,13-16H2,1-4H3,(H2,28,29,30);4-7,9H,2-3H2,1H3;1-2H3/t22-,23+;5-,6-,7-;/m00./s1. The fraction of sp³-hybridized carbons (Fsp3) is 0.594. The van der Waals surface area contributed by atoms with Crippen LogP contribution in [0.25, 0.3) is 0 Å². The Morgan fingerprint density at radius 2 is 1.67 bits per heavy atom. The number of anilines is 1. The molecule has 1 aliphatic rings. The lowest BCUT2D eigenvalue weighted by Crippen LogP contribution is -2.50. The Hall–Kier alpha value is -2.59. The van der Waals surface area contributed by atoms with Crippen LogP contribution in [0.15, 0.2) is 53.4 Å². The molecule has 0 bridgehead atoms. The third kappa shape index (κ3) is 14.9. The molecule has 2 aromatic carbocycles. The second kappa shape index (κ2) is 21.5. The molecule has 2 aromatic rings. The lowest BCUT2D eigenvalue weighted by molar-refractivity contribution is -0.144. The number of carbonyl (C=O) groups excluding carboxylic acids is 1. The van der Waals surface area contributed by atoms with Gasteiger partial charge in [0.15, 0.2) is 6.29 Å². The monoisotopic (exact) mass is 719 g/mol. The molecule has 3 rings (SSSR count). The number of nitrogens with zero attached hydrogens (tertiary/aromatic N) is 1. The number of likely N-dealkylation sites (N-methyl/N-ethyl adjacent to an activating group) is 1. The molecule has 0 radical (unpaired) electrons. The molecule has 14 nitrogen and oxygen atoms in total. The topological polar surface area (TPSA) is 204 Å². The third-order valence-electron chi connectivity index (χ3n) is 7.34. The van der Waals surface area contributed by atoms with E-state index in [1.165, 1.54) is 23.5 Å². The largest absolute Gasteiger partial charge is 0.497 e. The third-order valence-corrected chi connectivity index (χ3v) is 9.96. The minimum absolute atomic E-state index is 0.0491. The van der Waals surface area contributed by atoms with Crippen molar-refractivity contribution in [1.29, 1.82) is 0 Å². The summed E-state index contributed by atoms with van der Waals surface area (Å²) in [7, 11) is -4.79. The number of rotatable bonds is 17. The minimum Gasteiger partial charge on any atom is -0.497 e. The Balaban J connectivity index is 0.000000741. The molecular formula is C32H54N3O11PS. The van der Waals surface area contributed by atoms with E-state index in [9.17, 15) is 22.9 Å². The number of ether oxygens (including phenoxy) is 3. The number of hydrogen-bond donors (Lipinski definition) is 6. The number of aliphatic hydroxyl groups is 2. The molecule has 0 aliphatic carbocycles. The van der Waals surface area contributed by atoms with E-state index in [0.717, 1.165) is 6.42 Å².